The van der Waals surface area contributed by atoms with Crippen LogP contribution in [0.2, 0.25) is 0 Å². The van der Waals surface area contributed by atoms with E-state index in [-0.39, 0.29) is 5.76 Å². The fourth-order valence-corrected chi connectivity index (χ4v) is 2.79. The normalized spacial score (nSPS) is 10.9. The highest BCUT2D eigenvalue weighted by Gasteiger charge is 2.12. The Hall–Kier alpha value is -2.82. The molecule has 0 saturated carbocycles. The van der Waals surface area contributed by atoms with Crippen molar-refractivity contribution in [1.29, 1.82) is 0 Å². The summed E-state index contributed by atoms with van der Waals surface area (Å²) in [7, 11) is 0. The van der Waals surface area contributed by atoms with Gasteiger partial charge in [-0.25, -0.2) is 0 Å². The second kappa shape index (κ2) is 6.12. The van der Waals surface area contributed by atoms with Crippen LogP contribution in [0.5, 0.6) is 0 Å². The molecular formula is C18H19N3O2. The number of furan rings is 1. The van der Waals surface area contributed by atoms with Crippen molar-refractivity contribution in [2.24, 2.45) is 5.73 Å². The third-order valence-corrected chi connectivity index (χ3v) is 3.90. The average molecular weight is 309 g/mol. The van der Waals surface area contributed by atoms with Gasteiger partial charge in [0.15, 0.2) is 5.76 Å². The molecule has 1 aromatic carbocycles. The Labute approximate surface area is 134 Å². The quantitative estimate of drug-likeness (QED) is 0.756. The molecule has 0 fully saturated rings. The smallest absolute Gasteiger partial charge is 0.284 e. The fraction of sp³-hybridized carbons (Fsp3) is 0.222. The monoisotopic (exact) mass is 309 g/mol. The van der Waals surface area contributed by atoms with Gasteiger partial charge in [0.25, 0.3) is 5.91 Å². The van der Waals surface area contributed by atoms with Crippen molar-refractivity contribution in [2.45, 2.75) is 26.8 Å². The molecule has 0 aliphatic heterocycles. The fourth-order valence-electron chi connectivity index (χ4n) is 2.79. The summed E-state index contributed by atoms with van der Waals surface area (Å²) in [5.41, 5.74) is 9.44. The summed E-state index contributed by atoms with van der Waals surface area (Å²) in [4.78, 5) is 15.8. The van der Waals surface area contributed by atoms with Gasteiger partial charge in [-0.05, 0) is 37.1 Å². The van der Waals surface area contributed by atoms with E-state index in [1.54, 1.807) is 12.1 Å². The van der Waals surface area contributed by atoms with E-state index in [0.717, 1.165) is 28.7 Å². The Bertz CT molecular complexity index is 868. The van der Waals surface area contributed by atoms with E-state index < -0.39 is 5.91 Å². The summed E-state index contributed by atoms with van der Waals surface area (Å²) in [5, 5.41) is 4.51. The van der Waals surface area contributed by atoms with Gasteiger partial charge in [0.05, 0.1) is 12.1 Å². The number of benzene rings is 1. The van der Waals surface area contributed by atoms with Crippen LogP contribution in [0.4, 0.5) is 5.69 Å². The van der Waals surface area contributed by atoms with E-state index in [9.17, 15) is 4.79 Å². The van der Waals surface area contributed by atoms with Crippen LogP contribution in [0, 0.1) is 6.92 Å². The van der Waals surface area contributed by atoms with Gasteiger partial charge in [0.1, 0.15) is 5.76 Å². The molecular weight excluding hydrogens is 290 g/mol. The number of hydrogen-bond donors (Lipinski definition) is 2. The highest BCUT2D eigenvalue weighted by Crippen LogP contribution is 2.29. The molecule has 2 heterocycles. The average Bonchev–Trinajstić information content (AvgIpc) is 3.01. The van der Waals surface area contributed by atoms with E-state index in [1.165, 1.54) is 5.56 Å². The molecule has 0 bridgehead atoms. The number of carbonyl (C=O) groups is 1. The predicted molar refractivity (Wildman–Crippen MR) is 90.4 cm³/mol. The van der Waals surface area contributed by atoms with Crippen molar-refractivity contribution in [3.05, 3.63) is 59.2 Å². The Morgan fingerprint density at radius 2 is 2.04 bits per heavy atom. The number of para-hydroxylation sites is 1. The van der Waals surface area contributed by atoms with Crippen molar-refractivity contribution in [1.82, 2.24) is 4.98 Å². The van der Waals surface area contributed by atoms with Gasteiger partial charge in [-0.2, -0.15) is 0 Å². The molecule has 1 amide bonds. The van der Waals surface area contributed by atoms with Gasteiger partial charge in [0, 0.05) is 16.8 Å². The molecule has 118 valence electrons. The number of nitrogens with two attached hydrogens (primary N) is 1. The van der Waals surface area contributed by atoms with Gasteiger partial charge in [-0.15, -0.1) is 0 Å². The maximum absolute atomic E-state index is 11.1. The number of aryl methyl sites for hydroxylation is 1. The van der Waals surface area contributed by atoms with E-state index in [0.29, 0.717) is 12.3 Å². The lowest BCUT2D eigenvalue weighted by Crippen LogP contribution is -2.09. The predicted octanol–water partition coefficient (Wildman–Crippen LogP) is 3.41. The second-order valence-corrected chi connectivity index (χ2v) is 5.41. The number of carbonyl (C=O) groups excluding carboxylic acids is 1. The third kappa shape index (κ3) is 2.90. The number of nitrogens with one attached hydrogen (secondary N) is 1. The Morgan fingerprint density at radius 3 is 2.74 bits per heavy atom. The zero-order valence-electron chi connectivity index (χ0n) is 13.2. The summed E-state index contributed by atoms with van der Waals surface area (Å²) < 4.78 is 5.43. The molecule has 23 heavy (non-hydrogen) atoms. The first-order valence-corrected chi connectivity index (χ1v) is 7.60. The first kappa shape index (κ1) is 15.1. The highest BCUT2D eigenvalue weighted by atomic mass is 16.3. The molecule has 0 saturated heterocycles. The largest absolute Gasteiger partial charge is 0.454 e. The molecule has 0 aliphatic carbocycles. The number of nitrogens with zero attached hydrogens (tertiary/aromatic N) is 1. The molecule has 0 aliphatic rings. The number of anilines is 1. The molecule has 2 aromatic heterocycles. The molecule has 3 rings (SSSR count). The van der Waals surface area contributed by atoms with Gasteiger partial charge < -0.3 is 15.5 Å². The van der Waals surface area contributed by atoms with E-state index in [2.05, 4.69) is 23.3 Å². The summed E-state index contributed by atoms with van der Waals surface area (Å²) >= 11 is 0. The van der Waals surface area contributed by atoms with E-state index in [4.69, 9.17) is 10.2 Å². The SMILES string of the molecule is CCc1c(C)nc2ccccc2c1NCc1ccc(C(N)=O)o1. The van der Waals surface area contributed by atoms with Crippen molar-refractivity contribution in [3.8, 4) is 0 Å². The highest BCUT2D eigenvalue weighted by molar-refractivity contribution is 5.93. The van der Waals surface area contributed by atoms with Crippen LogP contribution in [0.3, 0.4) is 0 Å². The van der Waals surface area contributed by atoms with Crippen LogP contribution in [-0.2, 0) is 13.0 Å². The zero-order chi connectivity index (χ0) is 16.4. The number of aromatic nitrogens is 1. The van der Waals surface area contributed by atoms with Crippen LogP contribution in [-0.4, -0.2) is 10.9 Å². The molecule has 5 nitrogen and oxygen atoms in total. The summed E-state index contributed by atoms with van der Waals surface area (Å²) in [6, 6.07) is 11.4. The molecule has 0 atom stereocenters. The first-order chi connectivity index (χ1) is 11.1. The Kier molecular flexibility index (Phi) is 4.02. The third-order valence-electron chi connectivity index (χ3n) is 3.90. The molecule has 0 spiro atoms. The number of rotatable bonds is 5. The maximum Gasteiger partial charge on any atom is 0.284 e. The molecule has 3 aromatic rings. The summed E-state index contributed by atoms with van der Waals surface area (Å²) in [6.07, 6.45) is 0.886. The van der Waals surface area contributed by atoms with Crippen LogP contribution in [0.25, 0.3) is 10.9 Å². The minimum atomic E-state index is -0.560. The minimum absolute atomic E-state index is 0.174. The number of fused-ring (bicyclic) bond motifs is 1. The summed E-state index contributed by atoms with van der Waals surface area (Å²) in [6.45, 7) is 4.62. The van der Waals surface area contributed by atoms with Crippen molar-refractivity contribution in [2.75, 3.05) is 5.32 Å². The second-order valence-electron chi connectivity index (χ2n) is 5.41. The molecule has 0 unspecified atom stereocenters. The van der Waals surface area contributed by atoms with Crippen LogP contribution in [0.15, 0.2) is 40.8 Å². The minimum Gasteiger partial charge on any atom is -0.454 e. The van der Waals surface area contributed by atoms with Gasteiger partial charge in [-0.3, -0.25) is 9.78 Å². The van der Waals surface area contributed by atoms with E-state index in [1.807, 2.05) is 25.1 Å². The Morgan fingerprint density at radius 1 is 1.26 bits per heavy atom. The van der Waals surface area contributed by atoms with Crippen LogP contribution in [0.1, 0.15) is 34.5 Å². The number of amides is 1. The van der Waals surface area contributed by atoms with Gasteiger partial charge in [0.2, 0.25) is 0 Å². The zero-order valence-corrected chi connectivity index (χ0v) is 13.2. The lowest BCUT2D eigenvalue weighted by Gasteiger charge is -2.15. The standard InChI is InChI=1S/C18H19N3O2/c1-3-13-11(2)21-15-7-5-4-6-14(15)17(13)20-10-12-8-9-16(23-12)18(19)22/h4-9H,3,10H2,1-2H3,(H2,19,22)(H,20,21). The van der Waals surface area contributed by atoms with Gasteiger partial charge >= 0.3 is 0 Å². The molecule has 3 N–H and O–H groups in total. The lowest BCUT2D eigenvalue weighted by molar-refractivity contribution is 0.0972. The van der Waals surface area contributed by atoms with Gasteiger partial charge in [-0.1, -0.05) is 25.1 Å². The van der Waals surface area contributed by atoms with Crippen molar-refractivity contribution < 1.29 is 9.21 Å². The van der Waals surface area contributed by atoms with E-state index >= 15 is 0 Å². The van der Waals surface area contributed by atoms with Crippen molar-refractivity contribution in [3.63, 3.8) is 0 Å². The van der Waals surface area contributed by atoms with Crippen molar-refractivity contribution >= 4 is 22.5 Å². The van der Waals surface area contributed by atoms with Crippen LogP contribution < -0.4 is 11.1 Å². The van der Waals surface area contributed by atoms with Crippen LogP contribution >= 0.6 is 0 Å². The molecule has 0 radical (unpaired) electrons. The number of hydrogen-bond acceptors (Lipinski definition) is 4. The maximum atomic E-state index is 11.1. The first-order valence-electron chi connectivity index (χ1n) is 7.60. The number of pyridine rings is 1. The topological polar surface area (TPSA) is 81.1 Å². The number of primary amides is 1. The Balaban J connectivity index is 1.96. The molecule has 5 heteroatoms. The lowest BCUT2D eigenvalue weighted by atomic mass is 10.0. The summed E-state index contributed by atoms with van der Waals surface area (Å²) in [5.74, 6) is 0.281.